The Hall–Kier alpha value is -1.88. The molecule has 5 heteroatoms. The van der Waals surface area contributed by atoms with Crippen LogP contribution in [0, 0.1) is 6.92 Å². The zero-order valence-electron chi connectivity index (χ0n) is 11.2. The van der Waals surface area contributed by atoms with Gasteiger partial charge in [-0.05, 0) is 38.1 Å². The molecule has 1 aromatic heterocycles. The summed E-state index contributed by atoms with van der Waals surface area (Å²) in [6, 6.07) is 7.90. The molecule has 4 nitrogen and oxygen atoms in total. The van der Waals surface area contributed by atoms with E-state index in [4.69, 9.17) is 0 Å². The Morgan fingerprint density at radius 3 is 2.42 bits per heavy atom. The van der Waals surface area contributed by atoms with Crippen LogP contribution >= 0.6 is 11.3 Å². The van der Waals surface area contributed by atoms with Gasteiger partial charge in [-0.2, -0.15) is 0 Å². The van der Waals surface area contributed by atoms with Gasteiger partial charge < -0.3 is 10.6 Å². The summed E-state index contributed by atoms with van der Waals surface area (Å²) in [7, 11) is 0. The predicted molar refractivity (Wildman–Crippen MR) is 79.6 cm³/mol. The van der Waals surface area contributed by atoms with E-state index in [9.17, 15) is 4.79 Å². The van der Waals surface area contributed by atoms with Crippen LogP contribution < -0.4 is 10.6 Å². The molecule has 0 aliphatic heterocycles. The summed E-state index contributed by atoms with van der Waals surface area (Å²) in [6.45, 7) is 5.63. The topological polar surface area (TPSA) is 54.0 Å². The number of hydrogen-bond acceptors (Lipinski definition) is 4. The van der Waals surface area contributed by atoms with Gasteiger partial charge in [0.2, 0.25) is 5.91 Å². The van der Waals surface area contributed by atoms with E-state index < -0.39 is 0 Å². The van der Waals surface area contributed by atoms with E-state index >= 15 is 0 Å². The molecule has 0 saturated carbocycles. The molecule has 1 atom stereocenters. The minimum absolute atomic E-state index is 0.0608. The van der Waals surface area contributed by atoms with E-state index in [1.807, 2.05) is 36.7 Å². The number of rotatable bonds is 4. The molecule has 1 amide bonds. The smallest absolute Gasteiger partial charge is 0.221 e. The Labute approximate surface area is 116 Å². The highest BCUT2D eigenvalue weighted by molar-refractivity contribution is 7.09. The van der Waals surface area contributed by atoms with Crippen molar-refractivity contribution in [3.05, 3.63) is 40.3 Å². The van der Waals surface area contributed by atoms with Gasteiger partial charge in [0.25, 0.3) is 0 Å². The molecule has 2 rings (SSSR count). The zero-order valence-corrected chi connectivity index (χ0v) is 12.0. The zero-order chi connectivity index (χ0) is 13.8. The third kappa shape index (κ3) is 3.54. The number of hydrogen-bond donors (Lipinski definition) is 2. The molecule has 1 unspecified atom stereocenters. The molecule has 0 aliphatic rings. The fourth-order valence-corrected chi connectivity index (χ4v) is 2.71. The Morgan fingerprint density at radius 2 is 1.89 bits per heavy atom. The monoisotopic (exact) mass is 275 g/mol. The Bertz CT molecular complexity index is 562. The van der Waals surface area contributed by atoms with Crippen LogP contribution in [-0.2, 0) is 4.79 Å². The number of anilines is 2. The van der Waals surface area contributed by atoms with Crippen LogP contribution in [0.25, 0.3) is 0 Å². The number of thiazole rings is 1. The highest BCUT2D eigenvalue weighted by atomic mass is 32.1. The molecule has 100 valence electrons. The van der Waals surface area contributed by atoms with Gasteiger partial charge in [-0.1, -0.05) is 0 Å². The highest BCUT2D eigenvalue weighted by Gasteiger charge is 2.10. The van der Waals surface area contributed by atoms with Gasteiger partial charge in [-0.15, -0.1) is 11.3 Å². The lowest BCUT2D eigenvalue weighted by Gasteiger charge is -2.14. The first-order valence-corrected chi connectivity index (χ1v) is 6.98. The second kappa shape index (κ2) is 5.84. The van der Waals surface area contributed by atoms with Crippen molar-refractivity contribution in [3.63, 3.8) is 0 Å². The predicted octanol–water partition coefficient (Wildman–Crippen LogP) is 3.58. The van der Waals surface area contributed by atoms with Crippen molar-refractivity contribution in [2.75, 3.05) is 10.6 Å². The number of carbonyl (C=O) groups excluding carboxylic acids is 1. The molecule has 0 saturated heterocycles. The molecular weight excluding hydrogens is 258 g/mol. The SMILES string of the molecule is CC(=O)Nc1ccc(NC(C)c2scnc2C)cc1. The molecule has 0 fully saturated rings. The van der Waals surface area contributed by atoms with Crippen molar-refractivity contribution in [1.82, 2.24) is 4.98 Å². The van der Waals surface area contributed by atoms with Gasteiger partial charge in [0.05, 0.1) is 17.2 Å². The molecule has 1 aromatic carbocycles. The van der Waals surface area contributed by atoms with Crippen molar-refractivity contribution in [3.8, 4) is 0 Å². The first-order valence-electron chi connectivity index (χ1n) is 6.10. The summed E-state index contributed by atoms with van der Waals surface area (Å²) in [5, 5.41) is 6.17. The van der Waals surface area contributed by atoms with Crippen LogP contribution in [0.1, 0.15) is 30.5 Å². The fraction of sp³-hybridized carbons (Fsp3) is 0.286. The number of benzene rings is 1. The Balaban J connectivity index is 2.03. The number of aryl methyl sites for hydroxylation is 1. The van der Waals surface area contributed by atoms with E-state index in [2.05, 4.69) is 22.5 Å². The Morgan fingerprint density at radius 1 is 1.26 bits per heavy atom. The lowest BCUT2D eigenvalue weighted by atomic mass is 10.2. The largest absolute Gasteiger partial charge is 0.378 e. The van der Waals surface area contributed by atoms with Crippen LogP contribution in [0.5, 0.6) is 0 Å². The lowest BCUT2D eigenvalue weighted by molar-refractivity contribution is -0.114. The van der Waals surface area contributed by atoms with Gasteiger partial charge in [-0.25, -0.2) is 4.98 Å². The van der Waals surface area contributed by atoms with Crippen LogP contribution in [-0.4, -0.2) is 10.9 Å². The van der Waals surface area contributed by atoms with Gasteiger partial charge in [0.15, 0.2) is 0 Å². The van der Waals surface area contributed by atoms with Crippen molar-refractivity contribution in [1.29, 1.82) is 0 Å². The summed E-state index contributed by atoms with van der Waals surface area (Å²) < 4.78 is 0. The van der Waals surface area contributed by atoms with Crippen molar-refractivity contribution < 1.29 is 4.79 Å². The molecule has 2 aromatic rings. The first kappa shape index (κ1) is 13.5. The van der Waals surface area contributed by atoms with E-state index in [0.29, 0.717) is 0 Å². The number of carbonyl (C=O) groups is 1. The maximum absolute atomic E-state index is 10.9. The average molecular weight is 275 g/mol. The second-order valence-corrected chi connectivity index (χ2v) is 5.31. The fourth-order valence-electron chi connectivity index (χ4n) is 1.90. The Kier molecular flexibility index (Phi) is 4.16. The average Bonchev–Trinajstić information content (AvgIpc) is 2.77. The van der Waals surface area contributed by atoms with Crippen molar-refractivity contribution >= 4 is 28.6 Å². The van der Waals surface area contributed by atoms with Crippen LogP contribution in [0.3, 0.4) is 0 Å². The number of nitrogens with one attached hydrogen (secondary N) is 2. The number of amides is 1. The molecule has 0 spiro atoms. The van der Waals surface area contributed by atoms with E-state index in [-0.39, 0.29) is 11.9 Å². The third-order valence-corrected chi connectivity index (χ3v) is 3.88. The van der Waals surface area contributed by atoms with Crippen LogP contribution in [0.4, 0.5) is 11.4 Å². The van der Waals surface area contributed by atoms with Gasteiger partial charge in [0, 0.05) is 23.2 Å². The minimum Gasteiger partial charge on any atom is -0.378 e. The van der Waals surface area contributed by atoms with Gasteiger partial charge in [-0.3, -0.25) is 4.79 Å². The highest BCUT2D eigenvalue weighted by Crippen LogP contribution is 2.25. The van der Waals surface area contributed by atoms with E-state index in [1.165, 1.54) is 11.8 Å². The van der Waals surface area contributed by atoms with E-state index in [1.54, 1.807) is 11.3 Å². The molecule has 0 aliphatic carbocycles. The second-order valence-electron chi connectivity index (χ2n) is 4.43. The normalized spacial score (nSPS) is 11.9. The molecular formula is C14H17N3OS. The summed E-state index contributed by atoms with van der Waals surface area (Å²) in [5.41, 5.74) is 4.76. The van der Waals surface area contributed by atoms with Crippen molar-refractivity contribution in [2.24, 2.45) is 0 Å². The lowest BCUT2D eigenvalue weighted by Crippen LogP contribution is -2.07. The minimum atomic E-state index is -0.0608. The summed E-state index contributed by atoms with van der Waals surface area (Å²) >= 11 is 1.66. The van der Waals surface area contributed by atoms with Gasteiger partial charge >= 0.3 is 0 Å². The quantitative estimate of drug-likeness (QED) is 0.896. The third-order valence-electron chi connectivity index (χ3n) is 2.76. The summed E-state index contributed by atoms with van der Waals surface area (Å²) in [6.07, 6.45) is 0. The molecule has 0 radical (unpaired) electrons. The van der Waals surface area contributed by atoms with Crippen LogP contribution in [0.15, 0.2) is 29.8 Å². The van der Waals surface area contributed by atoms with Crippen LogP contribution in [0.2, 0.25) is 0 Å². The maximum atomic E-state index is 10.9. The number of nitrogens with zero attached hydrogens (tertiary/aromatic N) is 1. The molecule has 2 N–H and O–H groups in total. The number of aromatic nitrogens is 1. The standard InChI is InChI=1S/C14H17N3OS/c1-9-14(19-8-15-9)10(2)16-12-4-6-13(7-5-12)17-11(3)18/h4-8,10,16H,1-3H3,(H,17,18). The molecule has 0 bridgehead atoms. The molecule has 1 heterocycles. The van der Waals surface area contributed by atoms with Crippen molar-refractivity contribution in [2.45, 2.75) is 26.8 Å². The maximum Gasteiger partial charge on any atom is 0.221 e. The summed E-state index contributed by atoms with van der Waals surface area (Å²) in [5.74, 6) is -0.0608. The summed E-state index contributed by atoms with van der Waals surface area (Å²) in [4.78, 5) is 16.4. The first-order chi connectivity index (χ1) is 9.06. The van der Waals surface area contributed by atoms with Gasteiger partial charge in [0.1, 0.15) is 0 Å². The molecule has 19 heavy (non-hydrogen) atoms. The van der Waals surface area contributed by atoms with E-state index in [0.717, 1.165) is 17.1 Å².